The Labute approximate surface area is 183 Å². The van der Waals surface area contributed by atoms with Gasteiger partial charge >= 0.3 is 0 Å². The van der Waals surface area contributed by atoms with Gasteiger partial charge in [0, 0.05) is 17.5 Å². The van der Waals surface area contributed by atoms with Gasteiger partial charge in [-0.2, -0.15) is 5.26 Å². The molecule has 5 aromatic rings. The molecule has 0 radical (unpaired) electrons. The monoisotopic (exact) mass is 422 g/mol. The summed E-state index contributed by atoms with van der Waals surface area (Å²) in [5, 5.41) is 14.1. The minimum Gasteiger partial charge on any atom is -0.441 e. The number of hydrogen-bond acceptors (Lipinski definition) is 8. The summed E-state index contributed by atoms with van der Waals surface area (Å²) in [4.78, 5) is 17.9. The number of hydrogen-bond donors (Lipinski definition) is 1. The molecule has 5 rings (SSSR count). The average Bonchev–Trinajstić information content (AvgIpc) is 3.47. The van der Waals surface area contributed by atoms with E-state index in [-0.39, 0.29) is 5.82 Å². The maximum atomic E-state index is 9.36. The Bertz CT molecular complexity index is 1460. The maximum Gasteiger partial charge on any atom is 0.199 e. The van der Waals surface area contributed by atoms with E-state index in [4.69, 9.17) is 15.2 Å². The normalized spacial score (nSPS) is 11.0. The molecule has 4 heterocycles. The highest BCUT2D eigenvalue weighted by Crippen LogP contribution is 2.35. The lowest BCUT2D eigenvalue weighted by molar-refractivity contribution is 0.566. The molecular formula is C23H18N8O. The van der Waals surface area contributed by atoms with Crippen LogP contribution in [0.2, 0.25) is 0 Å². The number of nitrogens with zero attached hydrogens (tertiary/aromatic N) is 7. The summed E-state index contributed by atoms with van der Waals surface area (Å²) in [7, 11) is 0. The average molecular weight is 422 g/mol. The molecule has 9 nitrogen and oxygen atoms in total. The molecule has 156 valence electrons. The van der Waals surface area contributed by atoms with Crippen molar-refractivity contribution in [2.45, 2.75) is 19.8 Å². The molecule has 4 aromatic heterocycles. The van der Waals surface area contributed by atoms with E-state index in [0.717, 1.165) is 11.4 Å². The number of benzene rings is 1. The summed E-state index contributed by atoms with van der Waals surface area (Å²) in [6.07, 6.45) is 4.23. The van der Waals surface area contributed by atoms with Gasteiger partial charge in [-0.1, -0.05) is 25.1 Å². The predicted molar refractivity (Wildman–Crippen MR) is 117 cm³/mol. The van der Waals surface area contributed by atoms with Gasteiger partial charge in [0.2, 0.25) is 0 Å². The Kier molecular flexibility index (Phi) is 4.80. The quantitative estimate of drug-likeness (QED) is 0.455. The highest BCUT2D eigenvalue weighted by Gasteiger charge is 2.24. The lowest BCUT2D eigenvalue weighted by Gasteiger charge is -2.11. The molecule has 0 atom stereocenters. The summed E-state index contributed by atoms with van der Waals surface area (Å²) in [6, 6.07) is 15.0. The van der Waals surface area contributed by atoms with Crippen molar-refractivity contribution in [2.75, 3.05) is 5.73 Å². The highest BCUT2D eigenvalue weighted by molar-refractivity contribution is 5.82. The number of nitrogen functional groups attached to an aromatic ring is 1. The number of oxazole rings is 1. The van der Waals surface area contributed by atoms with E-state index < -0.39 is 0 Å². The van der Waals surface area contributed by atoms with Crippen LogP contribution in [0.4, 0.5) is 5.82 Å². The molecule has 0 aliphatic heterocycles. The molecule has 0 saturated heterocycles. The van der Waals surface area contributed by atoms with Crippen molar-refractivity contribution in [3.63, 3.8) is 0 Å². The first-order valence-corrected chi connectivity index (χ1v) is 10.1. The van der Waals surface area contributed by atoms with E-state index in [2.05, 4.69) is 26.0 Å². The zero-order valence-electron chi connectivity index (χ0n) is 17.2. The number of rotatable bonds is 5. The largest absolute Gasteiger partial charge is 0.441 e. The SMILES string of the molecule is CCc1ncoc1-c1c(-c2cccc(C#N)c2)nc(N)c2nc(Cc3ccccn3)nn12. The topological polar surface area (TPSA) is 132 Å². The van der Waals surface area contributed by atoms with Crippen molar-refractivity contribution in [2.24, 2.45) is 0 Å². The summed E-state index contributed by atoms with van der Waals surface area (Å²) in [5.74, 6) is 1.32. The summed E-state index contributed by atoms with van der Waals surface area (Å²) < 4.78 is 7.43. The third-order valence-corrected chi connectivity index (χ3v) is 5.07. The first-order chi connectivity index (χ1) is 15.7. The van der Waals surface area contributed by atoms with Gasteiger partial charge in [0.25, 0.3) is 0 Å². The number of nitrogens with two attached hydrogens (primary N) is 1. The molecule has 0 unspecified atom stereocenters. The van der Waals surface area contributed by atoms with E-state index in [1.54, 1.807) is 28.9 Å². The maximum absolute atomic E-state index is 9.36. The van der Waals surface area contributed by atoms with Gasteiger partial charge in [-0.25, -0.2) is 19.5 Å². The van der Waals surface area contributed by atoms with Crippen LogP contribution in [-0.2, 0) is 12.8 Å². The minimum atomic E-state index is 0.225. The third-order valence-electron chi connectivity index (χ3n) is 5.07. The Morgan fingerprint density at radius 1 is 1.12 bits per heavy atom. The van der Waals surface area contributed by atoms with Gasteiger partial charge < -0.3 is 10.2 Å². The molecule has 0 saturated carbocycles. The fourth-order valence-electron chi connectivity index (χ4n) is 3.59. The molecule has 32 heavy (non-hydrogen) atoms. The first-order valence-electron chi connectivity index (χ1n) is 10.1. The minimum absolute atomic E-state index is 0.225. The van der Waals surface area contributed by atoms with Crippen LogP contribution in [0.15, 0.2) is 59.5 Å². The van der Waals surface area contributed by atoms with E-state index in [1.807, 2.05) is 31.2 Å². The Balaban J connectivity index is 1.78. The molecular weight excluding hydrogens is 404 g/mol. The fraction of sp³-hybridized carbons (Fsp3) is 0.130. The molecule has 0 bridgehead atoms. The van der Waals surface area contributed by atoms with Gasteiger partial charge in [-0.05, 0) is 30.7 Å². The first kappa shape index (κ1) is 19.4. The smallest absolute Gasteiger partial charge is 0.199 e. The van der Waals surface area contributed by atoms with Crippen molar-refractivity contribution in [1.29, 1.82) is 5.26 Å². The van der Waals surface area contributed by atoms with Crippen LogP contribution < -0.4 is 5.73 Å². The molecule has 0 fully saturated rings. The van der Waals surface area contributed by atoms with Gasteiger partial charge in [-0.3, -0.25) is 4.98 Å². The van der Waals surface area contributed by atoms with Gasteiger partial charge in [0.05, 0.1) is 23.7 Å². The molecule has 0 spiro atoms. The highest BCUT2D eigenvalue weighted by atomic mass is 16.3. The lowest BCUT2D eigenvalue weighted by atomic mass is 10.0. The van der Waals surface area contributed by atoms with Gasteiger partial charge in [0.1, 0.15) is 11.4 Å². The Morgan fingerprint density at radius 2 is 2.03 bits per heavy atom. The second-order valence-electron chi connectivity index (χ2n) is 7.13. The summed E-state index contributed by atoms with van der Waals surface area (Å²) >= 11 is 0. The van der Waals surface area contributed by atoms with Crippen LogP contribution in [0.25, 0.3) is 28.4 Å². The van der Waals surface area contributed by atoms with Crippen molar-refractivity contribution in [3.8, 4) is 28.8 Å². The van der Waals surface area contributed by atoms with Crippen LogP contribution in [0.1, 0.15) is 29.7 Å². The molecule has 9 heteroatoms. The van der Waals surface area contributed by atoms with Crippen LogP contribution in [0, 0.1) is 11.3 Å². The van der Waals surface area contributed by atoms with Crippen molar-refractivity contribution >= 4 is 11.5 Å². The van der Waals surface area contributed by atoms with Crippen LogP contribution in [0.5, 0.6) is 0 Å². The van der Waals surface area contributed by atoms with E-state index >= 15 is 0 Å². The standard InChI is InChI=1S/C23H18N8O/c1-2-17-21(32-13-27-17)20-19(15-7-5-6-14(10-15)12-24)29-22(25)23-28-18(30-31(20)23)11-16-8-3-4-9-26-16/h3-10,13H,2,11H2,1H3,(H2,25,29). The van der Waals surface area contributed by atoms with E-state index in [0.29, 0.717) is 52.6 Å². The van der Waals surface area contributed by atoms with Crippen LogP contribution in [0.3, 0.4) is 0 Å². The van der Waals surface area contributed by atoms with Crippen molar-refractivity contribution in [1.82, 2.24) is 29.5 Å². The summed E-state index contributed by atoms with van der Waals surface area (Å²) in [5.41, 5.74) is 10.7. The predicted octanol–water partition coefficient (Wildman–Crippen LogP) is 3.45. The van der Waals surface area contributed by atoms with Crippen molar-refractivity contribution in [3.05, 3.63) is 77.8 Å². The Hall–Kier alpha value is -4.58. The number of fused-ring (bicyclic) bond motifs is 1. The lowest BCUT2D eigenvalue weighted by Crippen LogP contribution is -2.06. The number of anilines is 1. The van der Waals surface area contributed by atoms with Gasteiger partial charge in [0.15, 0.2) is 29.4 Å². The second-order valence-corrected chi connectivity index (χ2v) is 7.13. The van der Waals surface area contributed by atoms with Crippen LogP contribution in [-0.4, -0.2) is 29.5 Å². The molecule has 0 amide bonds. The zero-order chi connectivity index (χ0) is 22.1. The summed E-state index contributed by atoms with van der Waals surface area (Å²) in [6.45, 7) is 1.99. The van der Waals surface area contributed by atoms with Crippen LogP contribution >= 0.6 is 0 Å². The van der Waals surface area contributed by atoms with E-state index in [9.17, 15) is 5.26 Å². The zero-order valence-corrected chi connectivity index (χ0v) is 17.2. The number of aromatic nitrogens is 6. The fourth-order valence-corrected chi connectivity index (χ4v) is 3.59. The second kappa shape index (κ2) is 7.92. The molecule has 0 aliphatic rings. The Morgan fingerprint density at radius 3 is 2.81 bits per heavy atom. The molecule has 0 aliphatic carbocycles. The number of aryl methyl sites for hydroxylation is 1. The number of nitriles is 1. The molecule has 1 aromatic carbocycles. The third kappa shape index (κ3) is 3.33. The van der Waals surface area contributed by atoms with E-state index in [1.165, 1.54) is 6.39 Å². The van der Waals surface area contributed by atoms with Gasteiger partial charge in [-0.15, -0.1) is 5.10 Å². The van der Waals surface area contributed by atoms with Crippen molar-refractivity contribution < 1.29 is 4.42 Å². The molecule has 2 N–H and O–H groups in total. The number of pyridine rings is 1.